The minimum absolute atomic E-state index is 0.0848. The van der Waals surface area contributed by atoms with E-state index in [1.165, 1.54) is 12.1 Å². The summed E-state index contributed by atoms with van der Waals surface area (Å²) in [5, 5.41) is 11.8. The maximum absolute atomic E-state index is 14.1. The van der Waals surface area contributed by atoms with Gasteiger partial charge in [-0.1, -0.05) is 35.3 Å². The Bertz CT molecular complexity index is 1220. The van der Waals surface area contributed by atoms with Crippen LogP contribution in [0.1, 0.15) is 45.8 Å². The van der Waals surface area contributed by atoms with E-state index in [2.05, 4.69) is 0 Å². The number of benzene rings is 3. The highest BCUT2D eigenvalue weighted by molar-refractivity contribution is 6.36. The molecule has 1 aliphatic heterocycles. The molecule has 0 spiro atoms. The zero-order chi connectivity index (χ0) is 23.0. The van der Waals surface area contributed by atoms with Crippen LogP contribution in [0.2, 0.25) is 10.0 Å². The molecule has 1 N–H and O–H groups in total. The molecular formula is C25H22Cl2FNO3. The lowest BCUT2D eigenvalue weighted by Gasteiger charge is -2.34. The Balaban J connectivity index is 1.63. The van der Waals surface area contributed by atoms with Crippen molar-refractivity contribution in [3.8, 4) is 0 Å². The number of amides is 1. The third-order valence-electron chi connectivity index (χ3n) is 6.21. The molecule has 1 aliphatic rings. The van der Waals surface area contributed by atoms with Crippen molar-refractivity contribution in [2.75, 3.05) is 13.1 Å². The predicted octanol–water partition coefficient (Wildman–Crippen LogP) is 6.24. The molecule has 7 heteroatoms. The third-order valence-corrected chi connectivity index (χ3v) is 6.76. The Kier molecular flexibility index (Phi) is 6.40. The molecule has 1 amide bonds. The van der Waals surface area contributed by atoms with Gasteiger partial charge in [-0.05, 0) is 83.5 Å². The van der Waals surface area contributed by atoms with E-state index in [4.69, 9.17) is 23.2 Å². The molecule has 3 aromatic rings. The molecule has 32 heavy (non-hydrogen) atoms. The molecule has 4 nitrogen and oxygen atoms in total. The average Bonchev–Trinajstić information content (AvgIpc) is 2.74. The highest BCUT2D eigenvalue weighted by Gasteiger charge is 2.28. The number of aliphatic carboxylic acids is 1. The van der Waals surface area contributed by atoms with E-state index in [0.717, 1.165) is 27.5 Å². The first-order valence-electron chi connectivity index (χ1n) is 10.4. The summed E-state index contributed by atoms with van der Waals surface area (Å²) in [7, 11) is 0. The lowest BCUT2D eigenvalue weighted by atomic mass is 9.81. The Hall–Kier alpha value is -2.63. The smallest absolute Gasteiger partial charge is 0.307 e. The van der Waals surface area contributed by atoms with Gasteiger partial charge in [-0.2, -0.15) is 0 Å². The number of hydrogen-bond donors (Lipinski definition) is 1. The van der Waals surface area contributed by atoms with Crippen LogP contribution >= 0.6 is 23.2 Å². The summed E-state index contributed by atoms with van der Waals surface area (Å²) in [4.78, 5) is 26.1. The second-order valence-corrected chi connectivity index (χ2v) is 9.04. The Morgan fingerprint density at radius 2 is 1.81 bits per heavy atom. The monoisotopic (exact) mass is 473 g/mol. The van der Waals surface area contributed by atoms with Crippen molar-refractivity contribution >= 4 is 45.9 Å². The Morgan fingerprint density at radius 1 is 1.09 bits per heavy atom. The normalized spacial score (nSPS) is 14.7. The van der Waals surface area contributed by atoms with E-state index in [9.17, 15) is 19.1 Å². The van der Waals surface area contributed by atoms with E-state index in [-0.39, 0.29) is 24.1 Å². The zero-order valence-corrected chi connectivity index (χ0v) is 19.0. The summed E-state index contributed by atoms with van der Waals surface area (Å²) in [5.74, 6) is -1.27. The van der Waals surface area contributed by atoms with Gasteiger partial charge in [0.2, 0.25) is 0 Å². The van der Waals surface area contributed by atoms with Crippen molar-refractivity contribution in [1.29, 1.82) is 0 Å². The van der Waals surface area contributed by atoms with Crippen molar-refractivity contribution < 1.29 is 19.1 Å². The maximum Gasteiger partial charge on any atom is 0.307 e. The van der Waals surface area contributed by atoms with Gasteiger partial charge in [-0.15, -0.1) is 0 Å². The van der Waals surface area contributed by atoms with Crippen molar-refractivity contribution in [3.05, 3.63) is 80.6 Å². The number of fused-ring (bicyclic) bond motifs is 1. The van der Waals surface area contributed by atoms with Crippen molar-refractivity contribution in [3.63, 3.8) is 0 Å². The first-order chi connectivity index (χ1) is 15.2. The minimum Gasteiger partial charge on any atom is -0.481 e. The van der Waals surface area contributed by atoms with Crippen LogP contribution in [0.4, 0.5) is 4.39 Å². The molecule has 166 valence electrons. The number of halogens is 3. The fraction of sp³-hybridized carbons (Fsp3) is 0.280. The molecule has 0 bridgehead atoms. The number of hydrogen-bond acceptors (Lipinski definition) is 2. The quantitative estimate of drug-likeness (QED) is 0.487. The van der Waals surface area contributed by atoms with Crippen LogP contribution < -0.4 is 0 Å². The summed E-state index contributed by atoms with van der Waals surface area (Å²) < 4.78 is 14.1. The lowest BCUT2D eigenvalue weighted by molar-refractivity contribution is -0.136. The number of rotatable bonds is 4. The largest absolute Gasteiger partial charge is 0.481 e. The van der Waals surface area contributed by atoms with Gasteiger partial charge in [0, 0.05) is 18.1 Å². The Labute approximate surface area is 195 Å². The van der Waals surface area contributed by atoms with Crippen LogP contribution in [0.15, 0.2) is 42.5 Å². The Morgan fingerprint density at radius 3 is 2.47 bits per heavy atom. The number of carbonyl (C=O) groups is 2. The summed E-state index contributed by atoms with van der Waals surface area (Å²) >= 11 is 12.2. The van der Waals surface area contributed by atoms with Crippen LogP contribution in [-0.4, -0.2) is 35.0 Å². The standard InChI is InChI=1S/C25H22Cl2FNO3/c1-14-17(11-23(30)31)10-16-2-4-19(28)13-21(16)24(14)15-6-8-29(9-7-15)25(32)20-5-3-18(26)12-22(20)27/h2-5,10,12-13,15H,6-9,11H2,1H3,(H,30,31). The molecule has 1 fully saturated rings. The van der Waals surface area contributed by atoms with Crippen molar-refractivity contribution in [2.24, 2.45) is 0 Å². The molecular weight excluding hydrogens is 452 g/mol. The molecule has 0 unspecified atom stereocenters. The number of carboxylic acid groups (broad SMARTS) is 1. The molecule has 0 saturated carbocycles. The summed E-state index contributed by atoms with van der Waals surface area (Å²) in [6.45, 7) is 2.96. The highest BCUT2D eigenvalue weighted by atomic mass is 35.5. The van der Waals surface area contributed by atoms with Crippen molar-refractivity contribution in [2.45, 2.75) is 32.1 Å². The van der Waals surface area contributed by atoms with Crippen molar-refractivity contribution in [1.82, 2.24) is 4.90 Å². The molecule has 0 atom stereocenters. The van der Waals surface area contributed by atoms with Gasteiger partial charge in [-0.25, -0.2) is 4.39 Å². The minimum atomic E-state index is -0.902. The highest BCUT2D eigenvalue weighted by Crippen LogP contribution is 2.38. The number of nitrogens with zero attached hydrogens (tertiary/aromatic N) is 1. The molecule has 3 aromatic carbocycles. The fourth-order valence-corrected chi connectivity index (χ4v) is 5.13. The molecule has 1 heterocycles. The van der Waals surface area contributed by atoms with Crippen LogP contribution in [0.25, 0.3) is 10.8 Å². The molecule has 1 saturated heterocycles. The number of carbonyl (C=O) groups excluding carboxylic acids is 1. The van der Waals surface area contributed by atoms with Gasteiger partial charge in [0.05, 0.1) is 17.0 Å². The first-order valence-corrected chi connectivity index (χ1v) is 11.2. The van der Waals surface area contributed by atoms with Gasteiger partial charge in [0.25, 0.3) is 5.91 Å². The van der Waals surface area contributed by atoms with Gasteiger partial charge >= 0.3 is 5.97 Å². The topological polar surface area (TPSA) is 57.6 Å². The lowest BCUT2D eigenvalue weighted by Crippen LogP contribution is -2.38. The molecule has 4 rings (SSSR count). The second kappa shape index (κ2) is 9.08. The van der Waals surface area contributed by atoms with E-state index >= 15 is 0 Å². The molecule has 0 aromatic heterocycles. The summed E-state index contributed by atoms with van der Waals surface area (Å²) in [6, 6.07) is 11.3. The SMILES string of the molecule is Cc1c(CC(=O)O)cc2ccc(F)cc2c1C1CCN(C(=O)c2ccc(Cl)cc2Cl)CC1. The predicted molar refractivity (Wildman–Crippen MR) is 124 cm³/mol. The molecule has 0 aliphatic carbocycles. The zero-order valence-electron chi connectivity index (χ0n) is 17.5. The third kappa shape index (κ3) is 4.45. The van der Waals surface area contributed by atoms with Crippen LogP contribution in [0, 0.1) is 12.7 Å². The maximum atomic E-state index is 14.1. The van der Waals surface area contributed by atoms with E-state index in [1.54, 1.807) is 29.2 Å². The number of likely N-dealkylation sites (tertiary alicyclic amines) is 1. The number of piperidine rings is 1. The fourth-order valence-electron chi connectivity index (χ4n) is 4.64. The van der Waals surface area contributed by atoms with Gasteiger partial charge < -0.3 is 10.0 Å². The summed E-state index contributed by atoms with van der Waals surface area (Å²) in [5.41, 5.74) is 3.02. The average molecular weight is 474 g/mol. The van der Waals surface area contributed by atoms with Crippen LogP contribution in [0.3, 0.4) is 0 Å². The van der Waals surface area contributed by atoms with E-state index in [1.807, 2.05) is 13.0 Å². The number of carboxylic acids is 1. The van der Waals surface area contributed by atoms with E-state index in [0.29, 0.717) is 41.5 Å². The molecule has 0 radical (unpaired) electrons. The van der Waals surface area contributed by atoms with Gasteiger partial charge in [0.15, 0.2) is 0 Å². The van der Waals surface area contributed by atoms with Crippen LogP contribution in [0.5, 0.6) is 0 Å². The summed E-state index contributed by atoms with van der Waals surface area (Å²) in [6.07, 6.45) is 1.30. The second-order valence-electron chi connectivity index (χ2n) is 8.20. The van der Waals surface area contributed by atoms with Crippen LogP contribution in [-0.2, 0) is 11.2 Å². The van der Waals surface area contributed by atoms with Gasteiger partial charge in [-0.3, -0.25) is 9.59 Å². The first kappa shape index (κ1) is 22.6. The van der Waals surface area contributed by atoms with E-state index < -0.39 is 5.97 Å². The van der Waals surface area contributed by atoms with Gasteiger partial charge in [0.1, 0.15) is 5.82 Å².